The molecule has 1 fully saturated rings. The van der Waals surface area contributed by atoms with Gasteiger partial charge in [-0.25, -0.2) is 14.8 Å². The monoisotopic (exact) mass is 459 g/mol. The molecule has 3 heterocycles. The third kappa shape index (κ3) is 4.59. The van der Waals surface area contributed by atoms with Crippen molar-refractivity contribution in [3.05, 3.63) is 42.8 Å². The summed E-state index contributed by atoms with van der Waals surface area (Å²) in [5.41, 5.74) is 0.305. The van der Waals surface area contributed by atoms with Gasteiger partial charge in [0, 0.05) is 21.9 Å². The number of fused-ring (bicyclic) bond motifs is 1. The molecule has 0 aliphatic heterocycles. The molecular weight excluding hydrogens is 434 g/mol. The van der Waals surface area contributed by atoms with Gasteiger partial charge in [0.25, 0.3) is 5.56 Å². The van der Waals surface area contributed by atoms with Crippen molar-refractivity contribution >= 4 is 44.9 Å². The Morgan fingerprint density at radius 1 is 1.13 bits per heavy atom. The number of aryl methyl sites for hydroxylation is 3. The fraction of sp³-hybridized carbons (Fsp3) is 0.476. The number of aromatic nitrogens is 4. The molecule has 3 aromatic heterocycles. The Morgan fingerprint density at radius 2 is 1.87 bits per heavy atom. The Balaban J connectivity index is 1.59. The first-order chi connectivity index (χ1) is 14.8. The number of H-pyrrole nitrogens is 2. The molecule has 4 rings (SSSR count). The van der Waals surface area contributed by atoms with Crippen molar-refractivity contribution in [1.82, 2.24) is 19.9 Å². The minimum Gasteiger partial charge on any atom is -0.319 e. The number of anilines is 1. The molecule has 0 bridgehead atoms. The van der Waals surface area contributed by atoms with Crippen molar-refractivity contribution in [2.75, 3.05) is 11.1 Å². The molecule has 164 valence electrons. The lowest BCUT2D eigenvalue weighted by Crippen LogP contribution is -2.29. The average Bonchev–Trinajstić information content (AvgIpc) is 3.03. The van der Waals surface area contributed by atoms with Crippen molar-refractivity contribution in [3.8, 4) is 0 Å². The highest BCUT2D eigenvalue weighted by Gasteiger charge is 2.22. The number of hydrogen-bond donors (Lipinski definition) is 3. The van der Waals surface area contributed by atoms with Crippen LogP contribution in [0.2, 0.25) is 0 Å². The predicted molar refractivity (Wildman–Crippen MR) is 124 cm³/mol. The van der Waals surface area contributed by atoms with E-state index in [1.54, 1.807) is 18.3 Å². The van der Waals surface area contributed by atoms with Crippen LogP contribution in [0.1, 0.15) is 60.0 Å². The van der Waals surface area contributed by atoms with Gasteiger partial charge in [-0.3, -0.25) is 14.6 Å². The van der Waals surface area contributed by atoms with Gasteiger partial charge in [-0.2, -0.15) is 0 Å². The van der Waals surface area contributed by atoms with E-state index in [0.29, 0.717) is 11.6 Å². The van der Waals surface area contributed by atoms with E-state index < -0.39 is 11.2 Å². The third-order valence-electron chi connectivity index (χ3n) is 5.72. The van der Waals surface area contributed by atoms with Gasteiger partial charge in [0.05, 0.1) is 5.75 Å². The number of hydrogen-bond acceptors (Lipinski definition) is 7. The van der Waals surface area contributed by atoms with Crippen molar-refractivity contribution in [3.63, 3.8) is 0 Å². The van der Waals surface area contributed by atoms with Crippen molar-refractivity contribution < 1.29 is 4.79 Å². The highest BCUT2D eigenvalue weighted by molar-refractivity contribution is 8.00. The molecule has 0 saturated heterocycles. The van der Waals surface area contributed by atoms with Gasteiger partial charge < -0.3 is 10.3 Å². The second kappa shape index (κ2) is 8.96. The lowest BCUT2D eigenvalue weighted by molar-refractivity contribution is -0.113. The van der Waals surface area contributed by atoms with E-state index in [-0.39, 0.29) is 17.3 Å². The first-order valence-corrected chi connectivity index (χ1v) is 12.2. The second-order valence-electron chi connectivity index (χ2n) is 7.93. The minimum atomic E-state index is -0.618. The zero-order chi connectivity index (χ0) is 22.1. The number of rotatable bonds is 5. The molecule has 0 aromatic carbocycles. The van der Waals surface area contributed by atoms with E-state index in [0.717, 1.165) is 39.5 Å². The Morgan fingerprint density at radius 3 is 2.58 bits per heavy atom. The highest BCUT2D eigenvalue weighted by Crippen LogP contribution is 2.38. The van der Waals surface area contributed by atoms with Crippen LogP contribution in [0, 0.1) is 20.8 Å². The maximum atomic E-state index is 12.6. The lowest BCUT2D eigenvalue weighted by atomic mass is 9.89. The van der Waals surface area contributed by atoms with Crippen molar-refractivity contribution in [2.24, 2.45) is 0 Å². The number of nitrogens with zero attached hydrogens (tertiary/aromatic N) is 2. The maximum Gasteiger partial charge on any atom is 0.326 e. The summed E-state index contributed by atoms with van der Waals surface area (Å²) in [7, 11) is 0. The van der Waals surface area contributed by atoms with Gasteiger partial charge in [-0.05, 0) is 39.2 Å². The molecule has 0 spiro atoms. The topological polar surface area (TPSA) is 121 Å². The summed E-state index contributed by atoms with van der Waals surface area (Å²) in [4.78, 5) is 52.5. The van der Waals surface area contributed by atoms with Crippen LogP contribution >= 0.6 is 23.1 Å². The smallest absolute Gasteiger partial charge is 0.319 e. The number of nitrogens with one attached hydrogen (secondary N) is 3. The van der Waals surface area contributed by atoms with Crippen LogP contribution in [-0.4, -0.2) is 31.6 Å². The van der Waals surface area contributed by atoms with Crippen LogP contribution < -0.4 is 16.6 Å². The van der Waals surface area contributed by atoms with Crippen LogP contribution in [-0.2, 0) is 4.79 Å². The number of thiophene rings is 1. The average molecular weight is 460 g/mol. The number of thioether (sulfide) groups is 1. The molecule has 1 aliphatic carbocycles. The number of carbonyl (C=O) groups excluding carboxylic acids is 1. The number of amides is 1. The molecule has 1 saturated carbocycles. The van der Waals surface area contributed by atoms with Gasteiger partial charge in [0.1, 0.15) is 21.4 Å². The summed E-state index contributed by atoms with van der Waals surface area (Å²) in [6.45, 7) is 5.71. The summed E-state index contributed by atoms with van der Waals surface area (Å²) in [6.07, 6.45) is 5.88. The van der Waals surface area contributed by atoms with Crippen LogP contribution in [0.25, 0.3) is 10.2 Å². The van der Waals surface area contributed by atoms with Crippen molar-refractivity contribution in [2.45, 2.75) is 63.8 Å². The maximum absolute atomic E-state index is 12.6. The molecule has 3 aromatic rings. The van der Waals surface area contributed by atoms with E-state index in [1.165, 1.54) is 35.9 Å². The minimum absolute atomic E-state index is 0.0588. The predicted octanol–water partition coefficient (Wildman–Crippen LogP) is 3.77. The molecule has 31 heavy (non-hydrogen) atoms. The number of carbonyl (C=O) groups is 1. The van der Waals surface area contributed by atoms with E-state index in [9.17, 15) is 14.4 Å². The molecule has 8 nitrogen and oxygen atoms in total. The molecular formula is C21H25N5O3S2. The standard InChI is InChI=1S/C21H25N5O3S2/c1-10-12(3)31-20-15(10)19(24-17(25-20)13-7-5-4-6-8-13)30-9-14(27)23-16-11(2)22-21(29)26-18(16)28/h13H,4-9H2,1-3H3,(H,23,27)(H2,22,26,28,29). The Bertz CT molecular complexity index is 1250. The molecule has 0 radical (unpaired) electrons. The lowest BCUT2D eigenvalue weighted by Gasteiger charge is -2.20. The molecule has 1 aliphatic rings. The third-order valence-corrected chi connectivity index (χ3v) is 7.79. The van der Waals surface area contributed by atoms with E-state index in [2.05, 4.69) is 29.1 Å². The molecule has 1 amide bonds. The summed E-state index contributed by atoms with van der Waals surface area (Å²) >= 11 is 3.03. The quantitative estimate of drug-likeness (QED) is 0.394. The fourth-order valence-corrected chi connectivity index (χ4v) is 5.93. The van der Waals surface area contributed by atoms with Crippen molar-refractivity contribution in [1.29, 1.82) is 0 Å². The van der Waals surface area contributed by atoms with Gasteiger partial charge in [0.15, 0.2) is 0 Å². The van der Waals surface area contributed by atoms with Gasteiger partial charge in [-0.1, -0.05) is 31.0 Å². The first-order valence-electron chi connectivity index (χ1n) is 10.4. The molecule has 0 atom stereocenters. The SMILES string of the molecule is Cc1[nH]c(=O)[nH]c(=O)c1NC(=O)CSc1nc(C2CCCCC2)nc2sc(C)c(C)c12. The van der Waals surface area contributed by atoms with Crippen LogP contribution in [0.15, 0.2) is 14.6 Å². The van der Waals surface area contributed by atoms with E-state index in [1.807, 2.05) is 0 Å². The first kappa shape index (κ1) is 21.8. The largest absolute Gasteiger partial charge is 0.326 e. The van der Waals surface area contributed by atoms with E-state index in [4.69, 9.17) is 9.97 Å². The Labute approximate surface area is 187 Å². The van der Waals surface area contributed by atoms with Gasteiger partial charge in [-0.15, -0.1) is 11.3 Å². The van der Waals surface area contributed by atoms with Crippen LogP contribution in [0.5, 0.6) is 0 Å². The summed E-state index contributed by atoms with van der Waals surface area (Å²) < 4.78 is 0. The van der Waals surface area contributed by atoms with Crippen LogP contribution in [0.4, 0.5) is 5.69 Å². The zero-order valence-corrected chi connectivity index (χ0v) is 19.4. The summed E-state index contributed by atoms with van der Waals surface area (Å²) in [5, 5.41) is 4.43. The summed E-state index contributed by atoms with van der Waals surface area (Å²) in [6, 6.07) is 0. The molecule has 0 unspecified atom stereocenters. The summed E-state index contributed by atoms with van der Waals surface area (Å²) in [5.74, 6) is 1.02. The molecule has 10 heteroatoms. The van der Waals surface area contributed by atoms with E-state index >= 15 is 0 Å². The number of aromatic amines is 2. The Hall–Kier alpha value is -2.46. The van der Waals surface area contributed by atoms with Gasteiger partial charge >= 0.3 is 5.69 Å². The van der Waals surface area contributed by atoms with Crippen LogP contribution in [0.3, 0.4) is 0 Å². The highest BCUT2D eigenvalue weighted by atomic mass is 32.2. The fourth-order valence-electron chi connectivity index (χ4n) is 3.94. The molecule has 3 N–H and O–H groups in total. The van der Waals surface area contributed by atoms with Gasteiger partial charge in [0.2, 0.25) is 5.91 Å². The normalized spacial score (nSPS) is 14.8. The zero-order valence-electron chi connectivity index (χ0n) is 17.8. The Kier molecular flexibility index (Phi) is 6.29. The second-order valence-corrected chi connectivity index (χ2v) is 10.1.